The summed E-state index contributed by atoms with van der Waals surface area (Å²) in [6.45, 7) is 0. The maximum absolute atomic E-state index is 5.56. The number of methoxy groups -OCH3 is 1. The highest BCUT2D eigenvalue weighted by atomic mass is 16.5. The van der Waals surface area contributed by atoms with Crippen LogP contribution in [0.4, 0.5) is 0 Å². The van der Waals surface area contributed by atoms with Gasteiger partial charge in [0.15, 0.2) is 0 Å². The summed E-state index contributed by atoms with van der Waals surface area (Å²) in [5.74, 6) is 2.19. The first-order valence-corrected chi connectivity index (χ1v) is 9.82. The van der Waals surface area contributed by atoms with Crippen molar-refractivity contribution >= 4 is 0 Å². The molecule has 2 aromatic carbocycles. The number of rotatable bonds is 6. The predicted molar refractivity (Wildman–Crippen MR) is 106 cm³/mol. The molecule has 4 nitrogen and oxygen atoms in total. The molecule has 0 radical (unpaired) electrons. The minimum Gasteiger partial charge on any atom is -0.497 e. The lowest BCUT2D eigenvalue weighted by Gasteiger charge is -2.38. The summed E-state index contributed by atoms with van der Waals surface area (Å²) in [7, 11) is 1.66. The Morgan fingerprint density at radius 3 is 2.41 bits per heavy atom. The molecule has 0 amide bonds. The van der Waals surface area contributed by atoms with Gasteiger partial charge in [-0.05, 0) is 54.5 Å². The average Bonchev–Trinajstić information content (AvgIpc) is 3.23. The zero-order valence-electron chi connectivity index (χ0n) is 15.9. The molecule has 0 atom stereocenters. The molecular weight excluding hydrogens is 336 g/mol. The quantitative estimate of drug-likeness (QED) is 0.574. The van der Waals surface area contributed by atoms with Gasteiger partial charge >= 0.3 is 0 Å². The number of hydrogen-bond donors (Lipinski definition) is 0. The van der Waals surface area contributed by atoms with E-state index >= 15 is 0 Å². The second kappa shape index (κ2) is 7.95. The summed E-state index contributed by atoms with van der Waals surface area (Å²) in [5, 5.41) is 4.17. The van der Waals surface area contributed by atoms with Gasteiger partial charge in [-0.2, -0.15) is 4.98 Å². The fraction of sp³-hybridized carbons (Fsp3) is 0.391. The van der Waals surface area contributed by atoms with Crippen LogP contribution in [0, 0.1) is 0 Å². The Bertz CT molecular complexity index is 850. The molecule has 1 aliphatic carbocycles. The minimum atomic E-state index is 0.244. The van der Waals surface area contributed by atoms with Gasteiger partial charge in [-0.25, -0.2) is 0 Å². The maximum atomic E-state index is 5.56. The van der Waals surface area contributed by atoms with Crippen LogP contribution in [0.2, 0.25) is 0 Å². The predicted octanol–water partition coefficient (Wildman–Crippen LogP) is 5.58. The van der Waals surface area contributed by atoms with Gasteiger partial charge in [0.2, 0.25) is 11.7 Å². The molecule has 0 spiro atoms. The van der Waals surface area contributed by atoms with Crippen LogP contribution in [0.3, 0.4) is 0 Å². The number of benzene rings is 2. The smallest absolute Gasteiger partial charge is 0.226 e. The summed E-state index contributed by atoms with van der Waals surface area (Å²) in [4.78, 5) is 4.63. The number of hydrogen-bond acceptors (Lipinski definition) is 4. The lowest BCUT2D eigenvalue weighted by atomic mass is 9.67. The highest BCUT2D eigenvalue weighted by Gasteiger charge is 2.33. The molecule has 1 aromatic heterocycles. The van der Waals surface area contributed by atoms with Gasteiger partial charge < -0.3 is 9.26 Å². The van der Waals surface area contributed by atoms with Crippen LogP contribution < -0.4 is 4.74 Å². The van der Waals surface area contributed by atoms with E-state index in [-0.39, 0.29) is 5.41 Å². The molecule has 27 heavy (non-hydrogen) atoms. The molecular formula is C23H26N2O2. The lowest BCUT2D eigenvalue weighted by Crippen LogP contribution is -2.29. The summed E-state index contributed by atoms with van der Waals surface area (Å²) >= 11 is 0. The molecule has 0 N–H and O–H groups in total. The number of ether oxygens (including phenoxy) is 1. The number of nitrogens with zero attached hydrogens (tertiary/aromatic N) is 2. The third-order valence-corrected chi connectivity index (χ3v) is 5.83. The van der Waals surface area contributed by atoms with Gasteiger partial charge in [-0.15, -0.1) is 0 Å². The van der Waals surface area contributed by atoms with E-state index < -0.39 is 0 Å². The summed E-state index contributed by atoms with van der Waals surface area (Å²) in [5.41, 5.74) is 2.65. The van der Waals surface area contributed by atoms with Crippen LogP contribution in [0.1, 0.15) is 50.0 Å². The molecule has 1 heterocycles. The van der Waals surface area contributed by atoms with E-state index in [0.717, 1.165) is 30.0 Å². The standard InChI is InChI=1S/C23H26N2O2/c1-26-20-12-10-18(11-13-20)22-24-21(27-25-22)14-17-23(15-6-3-7-16-23)19-8-4-2-5-9-19/h2,4-5,8-13H,3,6-7,14-17H2,1H3. The molecule has 140 valence electrons. The highest BCUT2D eigenvalue weighted by Crippen LogP contribution is 2.42. The molecule has 0 saturated heterocycles. The summed E-state index contributed by atoms with van der Waals surface area (Å²) in [6.07, 6.45) is 8.31. The first-order valence-electron chi connectivity index (χ1n) is 9.82. The minimum absolute atomic E-state index is 0.244. The Morgan fingerprint density at radius 2 is 1.70 bits per heavy atom. The Kier molecular flexibility index (Phi) is 5.23. The van der Waals surface area contributed by atoms with E-state index in [9.17, 15) is 0 Å². The molecule has 1 aliphatic rings. The van der Waals surface area contributed by atoms with Crippen molar-refractivity contribution in [1.82, 2.24) is 10.1 Å². The number of aromatic nitrogens is 2. The first kappa shape index (κ1) is 17.8. The van der Waals surface area contributed by atoms with Crippen LogP contribution in [0.25, 0.3) is 11.4 Å². The Labute approximate surface area is 160 Å². The van der Waals surface area contributed by atoms with Gasteiger partial charge in [0.1, 0.15) is 5.75 Å². The molecule has 1 saturated carbocycles. The zero-order valence-corrected chi connectivity index (χ0v) is 15.9. The van der Waals surface area contributed by atoms with E-state index in [1.807, 2.05) is 24.3 Å². The fourth-order valence-electron chi connectivity index (χ4n) is 4.26. The molecule has 3 aromatic rings. The second-order valence-corrected chi connectivity index (χ2v) is 7.45. The van der Waals surface area contributed by atoms with E-state index in [4.69, 9.17) is 9.26 Å². The molecule has 0 aliphatic heterocycles. The lowest BCUT2D eigenvalue weighted by molar-refractivity contribution is 0.261. The SMILES string of the molecule is COc1ccc(-c2noc(CCC3(c4ccccc4)CCCCC3)n2)cc1. The van der Waals surface area contributed by atoms with E-state index in [2.05, 4.69) is 40.5 Å². The van der Waals surface area contributed by atoms with E-state index in [0.29, 0.717) is 5.82 Å². The van der Waals surface area contributed by atoms with Crippen molar-refractivity contribution < 1.29 is 9.26 Å². The van der Waals surface area contributed by atoms with Crippen LogP contribution >= 0.6 is 0 Å². The van der Waals surface area contributed by atoms with E-state index in [1.54, 1.807) is 7.11 Å². The topological polar surface area (TPSA) is 48.2 Å². The second-order valence-electron chi connectivity index (χ2n) is 7.45. The normalized spacial score (nSPS) is 16.2. The molecule has 0 unspecified atom stereocenters. The Hall–Kier alpha value is -2.62. The summed E-state index contributed by atoms with van der Waals surface area (Å²) < 4.78 is 10.8. The van der Waals surface area contributed by atoms with Gasteiger partial charge in [0.05, 0.1) is 7.11 Å². The van der Waals surface area contributed by atoms with Gasteiger partial charge in [-0.1, -0.05) is 54.8 Å². The third-order valence-electron chi connectivity index (χ3n) is 5.83. The highest BCUT2D eigenvalue weighted by molar-refractivity contribution is 5.55. The first-order chi connectivity index (χ1) is 13.3. The summed E-state index contributed by atoms with van der Waals surface area (Å²) in [6, 6.07) is 18.7. The van der Waals surface area contributed by atoms with Crippen LogP contribution in [0.15, 0.2) is 59.1 Å². The monoisotopic (exact) mass is 362 g/mol. The molecule has 1 fully saturated rings. The Morgan fingerprint density at radius 1 is 0.963 bits per heavy atom. The van der Waals surface area contributed by atoms with Crippen LogP contribution in [0.5, 0.6) is 5.75 Å². The van der Waals surface area contributed by atoms with Gasteiger partial charge in [-0.3, -0.25) is 0 Å². The zero-order chi connectivity index (χ0) is 18.5. The molecule has 0 bridgehead atoms. The van der Waals surface area contributed by atoms with E-state index in [1.165, 1.54) is 37.7 Å². The largest absolute Gasteiger partial charge is 0.497 e. The molecule has 4 heteroatoms. The maximum Gasteiger partial charge on any atom is 0.226 e. The van der Waals surface area contributed by atoms with Crippen LogP contribution in [-0.2, 0) is 11.8 Å². The average molecular weight is 362 g/mol. The van der Waals surface area contributed by atoms with Crippen molar-refractivity contribution in [2.75, 3.05) is 7.11 Å². The van der Waals surface area contributed by atoms with Crippen molar-refractivity contribution in [2.45, 2.75) is 50.4 Å². The molecule has 4 rings (SSSR count). The van der Waals surface area contributed by atoms with Gasteiger partial charge in [0.25, 0.3) is 0 Å². The van der Waals surface area contributed by atoms with Crippen LogP contribution in [-0.4, -0.2) is 17.3 Å². The van der Waals surface area contributed by atoms with Gasteiger partial charge in [0, 0.05) is 12.0 Å². The van der Waals surface area contributed by atoms with Crippen molar-refractivity contribution in [3.05, 3.63) is 66.1 Å². The van der Waals surface area contributed by atoms with Crippen molar-refractivity contribution in [2.24, 2.45) is 0 Å². The Balaban J connectivity index is 1.49. The van der Waals surface area contributed by atoms with Crippen molar-refractivity contribution in [3.63, 3.8) is 0 Å². The number of aryl methyl sites for hydroxylation is 1. The third kappa shape index (κ3) is 3.90. The van der Waals surface area contributed by atoms with Crippen molar-refractivity contribution in [3.8, 4) is 17.1 Å². The fourth-order valence-corrected chi connectivity index (χ4v) is 4.26. The van der Waals surface area contributed by atoms with Crippen molar-refractivity contribution in [1.29, 1.82) is 0 Å².